The number of ether oxygens (including phenoxy) is 1. The summed E-state index contributed by atoms with van der Waals surface area (Å²) in [4.78, 5) is 0. The molecule has 0 aromatic rings. The minimum atomic E-state index is 0.321. The zero-order valence-electron chi connectivity index (χ0n) is 10.9. The van der Waals surface area contributed by atoms with E-state index in [9.17, 15) is 0 Å². The number of rotatable bonds is 4. The second-order valence-corrected chi connectivity index (χ2v) is 6.52. The molecular formula is C13H26N2OS. The highest BCUT2D eigenvalue weighted by Crippen LogP contribution is 2.34. The summed E-state index contributed by atoms with van der Waals surface area (Å²) in [6, 6.07) is 0.362. The zero-order chi connectivity index (χ0) is 12.1. The first-order valence-corrected chi connectivity index (χ1v) is 8.16. The average molecular weight is 258 g/mol. The Kier molecular flexibility index (Phi) is 5.60. The SMILES string of the molecule is CCC1CCC(C(NN)C2CSCCO2)CC1. The van der Waals surface area contributed by atoms with Crippen LogP contribution in [-0.2, 0) is 4.74 Å². The van der Waals surface area contributed by atoms with E-state index in [1.54, 1.807) is 0 Å². The normalized spacial score (nSPS) is 36.7. The van der Waals surface area contributed by atoms with Crippen LogP contribution in [0.5, 0.6) is 0 Å². The van der Waals surface area contributed by atoms with Crippen molar-refractivity contribution in [1.29, 1.82) is 0 Å². The van der Waals surface area contributed by atoms with Gasteiger partial charge < -0.3 is 4.74 Å². The third-order valence-corrected chi connectivity index (χ3v) is 5.43. The second-order valence-electron chi connectivity index (χ2n) is 5.37. The third-order valence-electron chi connectivity index (χ3n) is 4.41. The molecule has 2 rings (SSSR count). The Labute approximate surface area is 109 Å². The molecule has 1 saturated heterocycles. The van der Waals surface area contributed by atoms with E-state index < -0.39 is 0 Å². The number of thioether (sulfide) groups is 1. The van der Waals surface area contributed by atoms with Crippen LogP contribution < -0.4 is 11.3 Å². The molecule has 0 aromatic heterocycles. The fourth-order valence-corrected chi connectivity index (χ4v) is 4.13. The van der Waals surface area contributed by atoms with E-state index in [1.807, 2.05) is 11.8 Å². The van der Waals surface area contributed by atoms with Gasteiger partial charge in [-0.05, 0) is 24.7 Å². The number of hydrogen-bond acceptors (Lipinski definition) is 4. The molecule has 2 atom stereocenters. The van der Waals surface area contributed by atoms with Crippen molar-refractivity contribution >= 4 is 11.8 Å². The molecule has 1 aliphatic heterocycles. The predicted octanol–water partition coefficient (Wildman–Crippen LogP) is 2.17. The van der Waals surface area contributed by atoms with Crippen molar-refractivity contribution in [3.8, 4) is 0 Å². The van der Waals surface area contributed by atoms with Gasteiger partial charge in [-0.25, -0.2) is 0 Å². The summed E-state index contributed by atoms with van der Waals surface area (Å²) in [6.07, 6.45) is 7.04. The number of hydrogen-bond donors (Lipinski definition) is 2. The molecule has 0 radical (unpaired) electrons. The van der Waals surface area contributed by atoms with E-state index in [0.29, 0.717) is 18.1 Å². The van der Waals surface area contributed by atoms with Crippen LogP contribution in [0.25, 0.3) is 0 Å². The Bertz CT molecular complexity index is 213. The lowest BCUT2D eigenvalue weighted by atomic mass is 9.76. The van der Waals surface area contributed by atoms with Crippen LogP contribution in [0, 0.1) is 11.8 Å². The van der Waals surface area contributed by atoms with Crippen molar-refractivity contribution in [1.82, 2.24) is 5.43 Å². The predicted molar refractivity (Wildman–Crippen MR) is 73.9 cm³/mol. The van der Waals surface area contributed by atoms with Gasteiger partial charge in [-0.15, -0.1) is 0 Å². The van der Waals surface area contributed by atoms with Gasteiger partial charge in [0.1, 0.15) is 0 Å². The number of nitrogens with two attached hydrogens (primary N) is 1. The number of nitrogens with one attached hydrogen (secondary N) is 1. The molecule has 3 nitrogen and oxygen atoms in total. The monoisotopic (exact) mass is 258 g/mol. The molecule has 100 valence electrons. The van der Waals surface area contributed by atoms with E-state index in [-0.39, 0.29) is 0 Å². The molecule has 4 heteroatoms. The third kappa shape index (κ3) is 3.60. The molecule has 1 aliphatic carbocycles. The van der Waals surface area contributed by atoms with Crippen molar-refractivity contribution in [3.63, 3.8) is 0 Å². The van der Waals surface area contributed by atoms with Crippen LogP contribution in [0.3, 0.4) is 0 Å². The van der Waals surface area contributed by atoms with Crippen LogP contribution in [0.15, 0.2) is 0 Å². The summed E-state index contributed by atoms with van der Waals surface area (Å²) in [7, 11) is 0. The van der Waals surface area contributed by atoms with Gasteiger partial charge in [-0.3, -0.25) is 11.3 Å². The second kappa shape index (κ2) is 6.98. The Morgan fingerprint density at radius 2 is 2.12 bits per heavy atom. The van der Waals surface area contributed by atoms with Gasteiger partial charge in [0.05, 0.1) is 18.8 Å². The maximum absolute atomic E-state index is 5.87. The molecule has 1 saturated carbocycles. The van der Waals surface area contributed by atoms with Gasteiger partial charge in [0.2, 0.25) is 0 Å². The van der Waals surface area contributed by atoms with E-state index in [1.165, 1.54) is 32.1 Å². The molecule has 1 heterocycles. The largest absolute Gasteiger partial charge is 0.375 e. The highest BCUT2D eigenvalue weighted by Gasteiger charge is 2.33. The quantitative estimate of drug-likeness (QED) is 0.599. The van der Waals surface area contributed by atoms with Gasteiger partial charge >= 0.3 is 0 Å². The first kappa shape index (κ1) is 13.7. The Hall–Kier alpha value is 0.230. The zero-order valence-corrected chi connectivity index (χ0v) is 11.7. The molecule has 2 unspecified atom stereocenters. The van der Waals surface area contributed by atoms with E-state index >= 15 is 0 Å². The van der Waals surface area contributed by atoms with Crippen LogP contribution in [0.1, 0.15) is 39.0 Å². The maximum Gasteiger partial charge on any atom is 0.0834 e. The van der Waals surface area contributed by atoms with E-state index in [2.05, 4.69) is 12.3 Å². The van der Waals surface area contributed by atoms with Crippen LogP contribution in [0.4, 0.5) is 0 Å². The molecule has 0 amide bonds. The van der Waals surface area contributed by atoms with Crippen molar-refractivity contribution in [2.75, 3.05) is 18.1 Å². The van der Waals surface area contributed by atoms with Crippen LogP contribution in [0.2, 0.25) is 0 Å². The fraction of sp³-hybridized carbons (Fsp3) is 1.00. The fourth-order valence-electron chi connectivity index (χ4n) is 3.22. The van der Waals surface area contributed by atoms with Crippen LogP contribution in [-0.4, -0.2) is 30.3 Å². The minimum Gasteiger partial charge on any atom is -0.375 e. The Balaban J connectivity index is 1.85. The molecule has 0 bridgehead atoms. The molecule has 2 fully saturated rings. The highest BCUT2D eigenvalue weighted by molar-refractivity contribution is 7.99. The first-order chi connectivity index (χ1) is 8.35. The summed E-state index contributed by atoms with van der Waals surface area (Å²) < 4.78 is 5.87. The van der Waals surface area contributed by atoms with Crippen molar-refractivity contribution in [3.05, 3.63) is 0 Å². The summed E-state index contributed by atoms with van der Waals surface area (Å²) >= 11 is 2.00. The topological polar surface area (TPSA) is 47.3 Å². The molecule has 0 spiro atoms. The molecule has 3 N–H and O–H groups in total. The summed E-state index contributed by atoms with van der Waals surface area (Å²) in [5, 5.41) is 0. The standard InChI is InChI=1S/C13H26N2OS/c1-2-10-3-5-11(6-4-10)13(15-14)12-9-17-8-7-16-12/h10-13,15H,2-9,14H2,1H3. The van der Waals surface area contributed by atoms with Gasteiger partial charge in [0, 0.05) is 11.5 Å². The minimum absolute atomic E-state index is 0.321. The smallest absolute Gasteiger partial charge is 0.0834 e. The Morgan fingerprint density at radius 3 is 2.65 bits per heavy atom. The van der Waals surface area contributed by atoms with Crippen LogP contribution >= 0.6 is 11.8 Å². The van der Waals surface area contributed by atoms with E-state index in [0.717, 1.165) is 24.0 Å². The summed E-state index contributed by atoms with van der Waals surface area (Å²) in [5.41, 5.74) is 3.04. The molecular weight excluding hydrogens is 232 g/mol. The van der Waals surface area contributed by atoms with E-state index in [4.69, 9.17) is 10.6 Å². The van der Waals surface area contributed by atoms with Gasteiger partial charge in [0.25, 0.3) is 0 Å². The summed E-state index contributed by atoms with van der Waals surface area (Å²) in [5.74, 6) is 9.66. The molecule has 2 aliphatic rings. The molecule has 17 heavy (non-hydrogen) atoms. The maximum atomic E-state index is 5.87. The Morgan fingerprint density at radius 1 is 1.35 bits per heavy atom. The molecule has 0 aromatic carbocycles. The number of hydrazine groups is 1. The average Bonchev–Trinajstić information content (AvgIpc) is 2.42. The lowest BCUT2D eigenvalue weighted by molar-refractivity contribution is 0.0203. The highest BCUT2D eigenvalue weighted by atomic mass is 32.2. The van der Waals surface area contributed by atoms with Gasteiger partial charge in [-0.2, -0.15) is 11.8 Å². The first-order valence-electron chi connectivity index (χ1n) is 7.00. The summed E-state index contributed by atoms with van der Waals surface area (Å²) in [6.45, 7) is 3.20. The lowest BCUT2D eigenvalue weighted by Crippen LogP contribution is -2.52. The van der Waals surface area contributed by atoms with Crippen molar-refractivity contribution in [2.45, 2.75) is 51.2 Å². The van der Waals surface area contributed by atoms with Crippen molar-refractivity contribution < 1.29 is 4.74 Å². The lowest BCUT2D eigenvalue weighted by Gasteiger charge is -2.38. The van der Waals surface area contributed by atoms with Crippen molar-refractivity contribution in [2.24, 2.45) is 17.7 Å². The van der Waals surface area contributed by atoms with Gasteiger partial charge in [0.15, 0.2) is 0 Å². The van der Waals surface area contributed by atoms with Gasteiger partial charge in [-0.1, -0.05) is 26.2 Å².